The van der Waals surface area contributed by atoms with E-state index in [2.05, 4.69) is 0 Å². The third-order valence-electron chi connectivity index (χ3n) is 0.387. The van der Waals surface area contributed by atoms with Gasteiger partial charge in [0, 0.05) is 0 Å². The first kappa shape index (κ1) is 24.3. The van der Waals surface area contributed by atoms with Crippen molar-refractivity contribution in [1.82, 2.24) is 0 Å². The van der Waals surface area contributed by atoms with E-state index in [1.54, 1.807) is 0 Å². The summed E-state index contributed by atoms with van der Waals surface area (Å²) in [4.78, 5) is 27.0. The second-order valence-corrected chi connectivity index (χ2v) is 1.59. The molecule has 0 aliphatic carbocycles. The van der Waals surface area contributed by atoms with Crippen LogP contribution in [0.25, 0.3) is 0 Å². The second kappa shape index (κ2) is 19.6. The minimum atomic E-state index is -1.44. The zero-order valence-corrected chi connectivity index (χ0v) is 10.1. The standard InChI is InChI=1S/3C2H4O3.Nb/c3*3-1-2(4)5;/h3*3H,1H2,(H,4,5);/q;;;+3/p-3. The molecule has 0 atom stereocenters. The Kier molecular flexibility index (Phi) is 29.8. The van der Waals surface area contributed by atoms with Gasteiger partial charge < -0.3 is 45.0 Å². The largest absolute Gasteiger partial charge is 3.00 e. The van der Waals surface area contributed by atoms with Crippen LogP contribution in [0, 0.1) is 0 Å². The topological polar surface area (TPSA) is 181 Å². The first-order valence-corrected chi connectivity index (χ1v) is 3.23. The normalized spacial score (nSPS) is 6.94. The number of aliphatic carboxylic acids is 3. The van der Waals surface area contributed by atoms with Crippen molar-refractivity contribution in [2.45, 2.75) is 0 Å². The molecule has 0 aliphatic rings. The van der Waals surface area contributed by atoms with Crippen molar-refractivity contribution in [3.8, 4) is 0 Å². The van der Waals surface area contributed by atoms with Crippen LogP contribution in [0.3, 0.4) is 0 Å². The van der Waals surface area contributed by atoms with Crippen LogP contribution in [0.1, 0.15) is 0 Å². The molecular formula is C6H9NbO9. The van der Waals surface area contributed by atoms with Gasteiger partial charge in [-0.05, 0) is 0 Å². The summed E-state index contributed by atoms with van der Waals surface area (Å²) in [6, 6.07) is 0. The summed E-state index contributed by atoms with van der Waals surface area (Å²) >= 11 is 0. The average Bonchev–Trinajstić information content (AvgIpc) is 2.19. The molecule has 0 rings (SSSR count). The molecule has 0 saturated heterocycles. The maximum Gasteiger partial charge on any atom is 3.00 e. The van der Waals surface area contributed by atoms with Crippen LogP contribution in [0.2, 0.25) is 0 Å². The van der Waals surface area contributed by atoms with Gasteiger partial charge in [0.15, 0.2) is 0 Å². The zero-order valence-electron chi connectivity index (χ0n) is 7.86. The molecule has 9 nitrogen and oxygen atoms in total. The number of aliphatic hydroxyl groups is 3. The smallest absolute Gasteiger partial charge is 0.548 e. The molecule has 0 amide bonds. The minimum absolute atomic E-state index is 0. The molecule has 3 N–H and O–H groups in total. The second-order valence-electron chi connectivity index (χ2n) is 1.59. The Labute approximate surface area is 105 Å². The number of hydrogen-bond donors (Lipinski definition) is 3. The molecule has 0 unspecified atom stereocenters. The van der Waals surface area contributed by atoms with Gasteiger partial charge in [-0.2, -0.15) is 0 Å². The molecule has 0 fully saturated rings. The number of aliphatic hydroxyl groups excluding tert-OH is 3. The molecule has 16 heavy (non-hydrogen) atoms. The van der Waals surface area contributed by atoms with Crippen molar-refractivity contribution in [2.75, 3.05) is 19.8 Å². The fraction of sp³-hybridized carbons (Fsp3) is 0.500. The summed E-state index contributed by atoms with van der Waals surface area (Å²) in [6.45, 7) is -2.67. The van der Waals surface area contributed by atoms with E-state index in [1.807, 2.05) is 0 Å². The van der Waals surface area contributed by atoms with Crippen LogP contribution >= 0.6 is 0 Å². The van der Waals surface area contributed by atoms with Gasteiger partial charge in [-0.15, -0.1) is 0 Å². The molecule has 0 radical (unpaired) electrons. The number of carbonyl (C=O) groups is 3. The maximum absolute atomic E-state index is 9.01. The SMILES string of the molecule is O=C([O-])CO.O=C([O-])CO.O=C([O-])CO.[Nb+3]. The van der Waals surface area contributed by atoms with Gasteiger partial charge in [0.2, 0.25) is 0 Å². The van der Waals surface area contributed by atoms with Crippen molar-refractivity contribution in [1.29, 1.82) is 0 Å². The van der Waals surface area contributed by atoms with Gasteiger partial charge in [0.1, 0.15) is 0 Å². The van der Waals surface area contributed by atoms with Crippen molar-refractivity contribution >= 4 is 17.9 Å². The van der Waals surface area contributed by atoms with Crippen molar-refractivity contribution in [3.63, 3.8) is 0 Å². The van der Waals surface area contributed by atoms with Gasteiger partial charge in [-0.3, -0.25) is 0 Å². The Morgan fingerprint density at radius 1 is 0.688 bits per heavy atom. The number of rotatable bonds is 3. The zero-order chi connectivity index (χ0) is 12.9. The molecule has 0 bridgehead atoms. The monoisotopic (exact) mass is 318 g/mol. The Morgan fingerprint density at radius 3 is 0.750 bits per heavy atom. The van der Waals surface area contributed by atoms with E-state index in [1.165, 1.54) is 0 Å². The Morgan fingerprint density at radius 2 is 0.750 bits per heavy atom. The molecule has 10 heteroatoms. The van der Waals surface area contributed by atoms with Crippen LogP contribution in [0.5, 0.6) is 0 Å². The first-order chi connectivity index (χ1) is 6.81. The predicted molar refractivity (Wildman–Crippen MR) is 36.3 cm³/mol. The maximum atomic E-state index is 9.01. The fourth-order valence-corrected chi connectivity index (χ4v) is 0. The molecule has 0 spiro atoms. The van der Waals surface area contributed by atoms with Crippen LogP contribution < -0.4 is 15.3 Å². The molecule has 0 saturated carbocycles. The van der Waals surface area contributed by atoms with Crippen LogP contribution in [-0.4, -0.2) is 53.0 Å². The van der Waals surface area contributed by atoms with E-state index in [9.17, 15) is 0 Å². The quantitative estimate of drug-likeness (QED) is 0.426. The summed E-state index contributed by atoms with van der Waals surface area (Å²) in [7, 11) is 0. The molecule has 0 heterocycles. The number of carboxylic acid groups (broad SMARTS) is 3. The van der Waals surface area contributed by atoms with Gasteiger partial charge in [-0.1, -0.05) is 0 Å². The molecule has 0 aromatic heterocycles. The van der Waals surface area contributed by atoms with Gasteiger partial charge in [0.05, 0.1) is 37.7 Å². The molecule has 0 aliphatic heterocycles. The molecule has 92 valence electrons. The van der Waals surface area contributed by atoms with E-state index < -0.39 is 37.7 Å². The van der Waals surface area contributed by atoms with Crippen molar-refractivity contribution in [3.05, 3.63) is 0 Å². The van der Waals surface area contributed by atoms with Crippen LogP contribution in [0.15, 0.2) is 0 Å². The first-order valence-electron chi connectivity index (χ1n) is 3.23. The number of carboxylic acids is 3. The van der Waals surface area contributed by atoms with Crippen LogP contribution in [-0.2, 0) is 36.8 Å². The molecular weight excluding hydrogens is 309 g/mol. The summed E-state index contributed by atoms with van der Waals surface area (Å²) in [5, 5.41) is 49.5. The Bertz CT molecular complexity index is 159. The van der Waals surface area contributed by atoms with E-state index >= 15 is 0 Å². The molecule has 0 aromatic carbocycles. The van der Waals surface area contributed by atoms with E-state index in [-0.39, 0.29) is 22.4 Å². The average molecular weight is 318 g/mol. The van der Waals surface area contributed by atoms with Gasteiger partial charge >= 0.3 is 22.4 Å². The predicted octanol–water partition coefficient (Wildman–Crippen LogP) is -6.82. The van der Waals surface area contributed by atoms with Gasteiger partial charge in [0.25, 0.3) is 0 Å². The van der Waals surface area contributed by atoms with Crippen molar-refractivity contribution < 1.29 is 67.4 Å². The Hall–Kier alpha value is -0.970. The van der Waals surface area contributed by atoms with Crippen LogP contribution in [0.4, 0.5) is 0 Å². The number of hydrogen-bond acceptors (Lipinski definition) is 9. The Balaban J connectivity index is -0.0000000655. The van der Waals surface area contributed by atoms with Crippen molar-refractivity contribution in [2.24, 2.45) is 0 Å². The van der Waals surface area contributed by atoms with E-state index in [0.717, 1.165) is 0 Å². The van der Waals surface area contributed by atoms with E-state index in [0.29, 0.717) is 0 Å². The summed E-state index contributed by atoms with van der Waals surface area (Å²) in [6.07, 6.45) is 0. The summed E-state index contributed by atoms with van der Waals surface area (Å²) < 4.78 is 0. The fourth-order valence-electron chi connectivity index (χ4n) is 0. The third kappa shape index (κ3) is 74.5. The summed E-state index contributed by atoms with van der Waals surface area (Å²) in [5.41, 5.74) is 0. The van der Waals surface area contributed by atoms with E-state index in [4.69, 9.17) is 45.0 Å². The number of carbonyl (C=O) groups excluding carboxylic acids is 3. The van der Waals surface area contributed by atoms with Gasteiger partial charge in [-0.25, -0.2) is 0 Å². The third-order valence-corrected chi connectivity index (χ3v) is 0.387. The molecule has 0 aromatic rings. The minimum Gasteiger partial charge on any atom is -0.548 e. The summed E-state index contributed by atoms with van der Waals surface area (Å²) in [5.74, 6) is -4.32.